The van der Waals surface area contributed by atoms with Crippen LogP contribution in [0.25, 0.3) is 0 Å². The second kappa shape index (κ2) is 3.79. The SMILES string of the molecule is COc1cc(Br)c(C(C)=O)cc1O. The second-order valence-corrected chi connectivity index (χ2v) is 3.41. The monoisotopic (exact) mass is 244 g/mol. The molecule has 0 aliphatic heterocycles. The summed E-state index contributed by atoms with van der Waals surface area (Å²) in [6, 6.07) is 2.94. The number of halogens is 1. The van der Waals surface area contributed by atoms with Crippen molar-refractivity contribution in [3.8, 4) is 11.5 Å². The summed E-state index contributed by atoms with van der Waals surface area (Å²) in [4.78, 5) is 11.0. The van der Waals surface area contributed by atoms with E-state index in [0.717, 1.165) is 0 Å². The maximum atomic E-state index is 11.0. The molecule has 0 spiro atoms. The van der Waals surface area contributed by atoms with Crippen LogP contribution < -0.4 is 4.74 Å². The lowest BCUT2D eigenvalue weighted by atomic mass is 10.1. The second-order valence-electron chi connectivity index (χ2n) is 2.56. The van der Waals surface area contributed by atoms with E-state index in [2.05, 4.69) is 15.9 Å². The first-order valence-corrected chi connectivity index (χ1v) is 4.43. The molecule has 0 fully saturated rings. The maximum Gasteiger partial charge on any atom is 0.161 e. The number of carbonyl (C=O) groups excluding carboxylic acids is 1. The lowest BCUT2D eigenvalue weighted by molar-refractivity contribution is 0.101. The van der Waals surface area contributed by atoms with Gasteiger partial charge in [0.05, 0.1) is 7.11 Å². The maximum absolute atomic E-state index is 11.0. The number of carbonyl (C=O) groups is 1. The minimum Gasteiger partial charge on any atom is -0.504 e. The topological polar surface area (TPSA) is 46.5 Å². The van der Waals surface area contributed by atoms with Gasteiger partial charge in [0, 0.05) is 10.0 Å². The first-order valence-electron chi connectivity index (χ1n) is 3.63. The summed E-state index contributed by atoms with van der Waals surface area (Å²) in [6.45, 7) is 1.44. The van der Waals surface area contributed by atoms with Crippen LogP contribution in [-0.2, 0) is 0 Å². The van der Waals surface area contributed by atoms with Gasteiger partial charge < -0.3 is 9.84 Å². The van der Waals surface area contributed by atoms with Gasteiger partial charge in [0.1, 0.15) is 0 Å². The molecular weight excluding hydrogens is 236 g/mol. The van der Waals surface area contributed by atoms with Gasteiger partial charge in [0.25, 0.3) is 0 Å². The molecule has 0 saturated carbocycles. The number of Topliss-reactive ketones (excluding diaryl/α,β-unsaturated/α-hetero) is 1. The Hall–Kier alpha value is -1.03. The van der Waals surface area contributed by atoms with Crippen molar-refractivity contribution >= 4 is 21.7 Å². The predicted octanol–water partition coefficient (Wildman–Crippen LogP) is 2.37. The number of phenolic OH excluding ortho intramolecular Hbond substituents is 1. The van der Waals surface area contributed by atoms with Crippen LogP contribution in [-0.4, -0.2) is 18.0 Å². The number of aromatic hydroxyl groups is 1. The smallest absolute Gasteiger partial charge is 0.161 e. The molecule has 0 amide bonds. The predicted molar refractivity (Wildman–Crippen MR) is 52.4 cm³/mol. The summed E-state index contributed by atoms with van der Waals surface area (Å²) in [5, 5.41) is 9.37. The summed E-state index contributed by atoms with van der Waals surface area (Å²) >= 11 is 3.21. The largest absolute Gasteiger partial charge is 0.504 e. The number of hydrogen-bond donors (Lipinski definition) is 1. The Balaban J connectivity index is 3.28. The molecule has 70 valence electrons. The molecule has 0 aliphatic carbocycles. The minimum atomic E-state index is -0.107. The molecule has 13 heavy (non-hydrogen) atoms. The van der Waals surface area contributed by atoms with Gasteiger partial charge in [-0.05, 0) is 35.0 Å². The molecule has 0 heterocycles. The average Bonchev–Trinajstić information content (AvgIpc) is 2.07. The highest BCUT2D eigenvalue weighted by Crippen LogP contribution is 2.32. The molecule has 1 N–H and O–H groups in total. The molecular formula is C9H9BrO3. The van der Waals surface area contributed by atoms with Crippen LogP contribution in [0.5, 0.6) is 11.5 Å². The van der Waals surface area contributed by atoms with Gasteiger partial charge in [-0.25, -0.2) is 0 Å². The first kappa shape index (κ1) is 10.1. The Labute approximate surface area is 84.5 Å². The number of ketones is 1. The van der Waals surface area contributed by atoms with E-state index in [1.165, 1.54) is 20.1 Å². The molecule has 0 aliphatic rings. The van der Waals surface area contributed by atoms with E-state index >= 15 is 0 Å². The quantitative estimate of drug-likeness (QED) is 0.813. The molecule has 1 rings (SSSR count). The van der Waals surface area contributed by atoms with Crippen molar-refractivity contribution in [3.63, 3.8) is 0 Å². The van der Waals surface area contributed by atoms with Crippen LogP contribution >= 0.6 is 15.9 Å². The summed E-state index contributed by atoms with van der Waals surface area (Å²) in [7, 11) is 1.45. The number of ether oxygens (including phenoxy) is 1. The third-order valence-electron chi connectivity index (χ3n) is 1.65. The van der Waals surface area contributed by atoms with Crippen molar-refractivity contribution in [3.05, 3.63) is 22.2 Å². The standard InChI is InChI=1S/C9H9BrO3/c1-5(11)6-3-8(12)9(13-2)4-7(6)10/h3-4,12H,1-2H3. The zero-order valence-electron chi connectivity index (χ0n) is 7.30. The Kier molecular flexibility index (Phi) is 2.93. The van der Waals surface area contributed by atoms with Gasteiger partial charge >= 0.3 is 0 Å². The van der Waals surface area contributed by atoms with Crippen LogP contribution in [0.15, 0.2) is 16.6 Å². The minimum absolute atomic E-state index is 0.0316. The molecule has 3 nitrogen and oxygen atoms in total. The van der Waals surface area contributed by atoms with Gasteiger partial charge in [-0.15, -0.1) is 0 Å². The summed E-state index contributed by atoms with van der Waals surface area (Å²) < 4.78 is 5.49. The van der Waals surface area contributed by atoms with Crippen molar-refractivity contribution in [2.75, 3.05) is 7.11 Å². The van der Waals surface area contributed by atoms with Crippen molar-refractivity contribution in [1.29, 1.82) is 0 Å². The highest BCUT2D eigenvalue weighted by atomic mass is 79.9. The van der Waals surface area contributed by atoms with Gasteiger partial charge in [0.2, 0.25) is 0 Å². The Morgan fingerprint density at radius 2 is 2.15 bits per heavy atom. The number of benzene rings is 1. The zero-order chi connectivity index (χ0) is 10.0. The Morgan fingerprint density at radius 1 is 1.54 bits per heavy atom. The molecule has 0 unspecified atom stereocenters. The Bertz CT molecular complexity index is 347. The molecule has 1 aromatic carbocycles. The number of hydrogen-bond acceptors (Lipinski definition) is 3. The van der Waals surface area contributed by atoms with Gasteiger partial charge in [-0.3, -0.25) is 4.79 Å². The summed E-state index contributed by atoms with van der Waals surface area (Å²) in [6.07, 6.45) is 0. The fourth-order valence-corrected chi connectivity index (χ4v) is 1.58. The highest BCUT2D eigenvalue weighted by molar-refractivity contribution is 9.10. The summed E-state index contributed by atoms with van der Waals surface area (Å²) in [5.74, 6) is 0.206. The molecule has 0 atom stereocenters. The molecule has 0 radical (unpaired) electrons. The van der Waals surface area contributed by atoms with Crippen LogP contribution in [0, 0.1) is 0 Å². The lowest BCUT2D eigenvalue weighted by Crippen LogP contribution is -1.94. The molecule has 4 heteroatoms. The Morgan fingerprint density at radius 3 is 2.62 bits per heavy atom. The van der Waals surface area contributed by atoms with Gasteiger partial charge in [0.15, 0.2) is 17.3 Å². The van der Waals surface area contributed by atoms with E-state index in [9.17, 15) is 9.90 Å². The van der Waals surface area contributed by atoms with Crippen LogP contribution in [0.1, 0.15) is 17.3 Å². The third-order valence-corrected chi connectivity index (χ3v) is 2.30. The van der Waals surface area contributed by atoms with Crippen LogP contribution in [0.2, 0.25) is 0 Å². The molecule has 0 bridgehead atoms. The van der Waals surface area contributed by atoms with E-state index in [1.54, 1.807) is 6.07 Å². The number of phenols is 1. The van der Waals surface area contributed by atoms with Gasteiger partial charge in [-0.1, -0.05) is 0 Å². The van der Waals surface area contributed by atoms with Gasteiger partial charge in [-0.2, -0.15) is 0 Å². The van der Waals surface area contributed by atoms with E-state index in [1.807, 2.05) is 0 Å². The van der Waals surface area contributed by atoms with E-state index < -0.39 is 0 Å². The van der Waals surface area contributed by atoms with Crippen LogP contribution in [0.4, 0.5) is 0 Å². The highest BCUT2D eigenvalue weighted by Gasteiger charge is 2.10. The summed E-state index contributed by atoms with van der Waals surface area (Å²) in [5.41, 5.74) is 0.443. The van der Waals surface area contributed by atoms with Crippen molar-refractivity contribution in [2.24, 2.45) is 0 Å². The zero-order valence-corrected chi connectivity index (χ0v) is 8.88. The fraction of sp³-hybridized carbons (Fsp3) is 0.222. The number of methoxy groups -OCH3 is 1. The van der Waals surface area contributed by atoms with E-state index in [4.69, 9.17) is 4.74 Å². The molecule has 1 aromatic rings. The van der Waals surface area contributed by atoms with E-state index in [-0.39, 0.29) is 11.5 Å². The third kappa shape index (κ3) is 2.01. The average molecular weight is 245 g/mol. The van der Waals surface area contributed by atoms with Crippen LogP contribution in [0.3, 0.4) is 0 Å². The fourth-order valence-electron chi connectivity index (χ4n) is 0.977. The van der Waals surface area contributed by atoms with Crippen molar-refractivity contribution in [2.45, 2.75) is 6.92 Å². The normalized spacial score (nSPS) is 9.77. The number of rotatable bonds is 2. The lowest BCUT2D eigenvalue weighted by Gasteiger charge is -2.06. The molecule has 0 saturated heterocycles. The van der Waals surface area contributed by atoms with Crippen molar-refractivity contribution in [1.82, 2.24) is 0 Å². The first-order chi connectivity index (χ1) is 6.06. The van der Waals surface area contributed by atoms with E-state index in [0.29, 0.717) is 15.8 Å². The molecule has 0 aromatic heterocycles. The van der Waals surface area contributed by atoms with Crippen molar-refractivity contribution < 1.29 is 14.6 Å².